The van der Waals surface area contributed by atoms with Crippen molar-refractivity contribution in [2.75, 3.05) is 31.6 Å². The molecule has 1 aliphatic carbocycles. The Labute approximate surface area is 197 Å². The van der Waals surface area contributed by atoms with Crippen LogP contribution in [0.15, 0.2) is 41.4 Å². The van der Waals surface area contributed by atoms with E-state index in [1.165, 1.54) is 54.2 Å². The van der Waals surface area contributed by atoms with Gasteiger partial charge >= 0.3 is 0 Å². The largest absolute Gasteiger partial charge is 0.373 e. The number of benzene rings is 1. The number of likely N-dealkylation sites (N-methyl/N-ethyl adjacent to an activating group) is 1. The Morgan fingerprint density at radius 1 is 1.09 bits per heavy atom. The summed E-state index contributed by atoms with van der Waals surface area (Å²) in [4.78, 5) is 15.0. The molecule has 1 aromatic heterocycles. The zero-order valence-corrected chi connectivity index (χ0v) is 20.4. The fourth-order valence-electron chi connectivity index (χ4n) is 6.37. The lowest BCUT2D eigenvalue weighted by Crippen LogP contribution is -2.56. The summed E-state index contributed by atoms with van der Waals surface area (Å²) in [5, 5.41) is 0. The van der Waals surface area contributed by atoms with Crippen molar-refractivity contribution in [3.63, 3.8) is 0 Å². The third kappa shape index (κ3) is 4.15. The molecule has 2 aromatic rings. The first-order valence-electron chi connectivity index (χ1n) is 12.9. The minimum atomic E-state index is -0.159. The number of aliphatic imine (C=N–C) groups is 1. The van der Waals surface area contributed by atoms with Crippen molar-refractivity contribution in [3.8, 4) is 0 Å². The Bertz CT molecular complexity index is 1010. The number of amidine groups is 1. The summed E-state index contributed by atoms with van der Waals surface area (Å²) in [6.45, 7) is 7.03. The van der Waals surface area contributed by atoms with Gasteiger partial charge in [-0.1, -0.05) is 32.4 Å². The molecule has 0 N–H and O–H groups in total. The Morgan fingerprint density at radius 2 is 1.88 bits per heavy atom. The molecule has 1 saturated carbocycles. The van der Waals surface area contributed by atoms with E-state index in [0.29, 0.717) is 17.4 Å². The molecular weight excluding hydrogens is 411 g/mol. The molecule has 2 atom stereocenters. The molecule has 2 unspecified atom stereocenters. The number of nitrogens with zero attached hydrogens (tertiary/aromatic N) is 4. The summed E-state index contributed by atoms with van der Waals surface area (Å²) in [6.07, 6.45) is 8.27. The van der Waals surface area contributed by atoms with Crippen LogP contribution in [0.2, 0.25) is 0 Å². The molecule has 2 fully saturated rings. The second-order valence-corrected chi connectivity index (χ2v) is 10.1. The van der Waals surface area contributed by atoms with Gasteiger partial charge in [-0.25, -0.2) is 4.39 Å². The van der Waals surface area contributed by atoms with Crippen molar-refractivity contribution < 1.29 is 4.39 Å². The number of aromatic nitrogens is 1. The highest BCUT2D eigenvalue weighted by molar-refractivity contribution is 5.87. The molecule has 4 heterocycles. The van der Waals surface area contributed by atoms with E-state index in [4.69, 9.17) is 9.98 Å². The lowest BCUT2D eigenvalue weighted by molar-refractivity contribution is 0.0290. The predicted octanol–water partition coefficient (Wildman–Crippen LogP) is 5.82. The number of anilines is 1. The molecule has 1 spiro atoms. The normalized spacial score (nSPS) is 24.9. The van der Waals surface area contributed by atoms with E-state index in [1.807, 2.05) is 26.0 Å². The molecule has 0 amide bonds. The van der Waals surface area contributed by atoms with Crippen LogP contribution >= 0.6 is 0 Å². The lowest BCUT2D eigenvalue weighted by atomic mass is 9.61. The van der Waals surface area contributed by atoms with Gasteiger partial charge in [0.25, 0.3) is 0 Å². The predicted molar refractivity (Wildman–Crippen MR) is 133 cm³/mol. The second kappa shape index (κ2) is 9.08. The van der Waals surface area contributed by atoms with Crippen LogP contribution in [-0.4, -0.2) is 42.4 Å². The first-order chi connectivity index (χ1) is 16.1. The molecule has 0 radical (unpaired) electrons. The number of pyridine rings is 1. The average molecular weight is 449 g/mol. The van der Waals surface area contributed by atoms with E-state index in [9.17, 15) is 4.39 Å². The maximum Gasteiger partial charge on any atom is 0.123 e. The number of hydrogen-bond donors (Lipinski definition) is 0. The monoisotopic (exact) mass is 448 g/mol. The highest BCUT2D eigenvalue weighted by atomic mass is 19.1. The van der Waals surface area contributed by atoms with Crippen LogP contribution in [0.4, 0.5) is 10.1 Å². The lowest BCUT2D eigenvalue weighted by Gasteiger charge is -2.55. The molecule has 33 heavy (non-hydrogen) atoms. The highest BCUT2D eigenvalue weighted by Gasteiger charge is 2.48. The van der Waals surface area contributed by atoms with Gasteiger partial charge in [-0.05, 0) is 67.3 Å². The van der Waals surface area contributed by atoms with Crippen molar-refractivity contribution in [2.45, 2.75) is 64.8 Å². The third-order valence-corrected chi connectivity index (χ3v) is 8.12. The SMILES string of the molecule is CC.CN1CCc2nc(CC3CC4(CCC4)CN4C3=NCCC4c3ccc(F)cc3)ccc21. The van der Waals surface area contributed by atoms with Crippen LogP contribution in [0.25, 0.3) is 0 Å². The van der Waals surface area contributed by atoms with Gasteiger partial charge in [0.15, 0.2) is 0 Å². The Hall–Kier alpha value is -2.43. The molecule has 4 nitrogen and oxygen atoms in total. The topological polar surface area (TPSA) is 31.7 Å². The van der Waals surface area contributed by atoms with Crippen LogP contribution in [0.3, 0.4) is 0 Å². The summed E-state index contributed by atoms with van der Waals surface area (Å²) in [5.41, 5.74) is 5.40. The van der Waals surface area contributed by atoms with Gasteiger partial charge in [0.2, 0.25) is 0 Å². The number of hydrogen-bond acceptors (Lipinski definition) is 4. The van der Waals surface area contributed by atoms with Crippen molar-refractivity contribution in [3.05, 3.63) is 59.2 Å². The zero-order valence-electron chi connectivity index (χ0n) is 20.4. The van der Waals surface area contributed by atoms with E-state index in [1.54, 1.807) is 12.1 Å². The van der Waals surface area contributed by atoms with Crippen molar-refractivity contribution in [2.24, 2.45) is 16.3 Å². The van der Waals surface area contributed by atoms with Gasteiger partial charge in [-0.15, -0.1) is 0 Å². The smallest absolute Gasteiger partial charge is 0.123 e. The standard InChI is InChI=1S/C26H31FN4.C2H6/c1-30-14-10-22-24(30)8-7-21(29-22)15-19-16-26(11-2-12-26)17-31-23(9-13-28-25(19)31)18-3-5-20(27)6-4-18;1-2/h3-8,19,23H,2,9-17H2,1H3;1-2H3. The Balaban J connectivity index is 0.00000111. The van der Waals surface area contributed by atoms with Crippen LogP contribution < -0.4 is 4.90 Å². The van der Waals surface area contributed by atoms with E-state index in [0.717, 1.165) is 38.9 Å². The molecule has 1 saturated heterocycles. The summed E-state index contributed by atoms with van der Waals surface area (Å²) < 4.78 is 13.5. The Morgan fingerprint density at radius 3 is 2.61 bits per heavy atom. The maximum absolute atomic E-state index is 13.5. The molecule has 4 aliphatic rings. The second-order valence-electron chi connectivity index (χ2n) is 10.1. The number of halogens is 1. The van der Waals surface area contributed by atoms with E-state index >= 15 is 0 Å². The van der Waals surface area contributed by atoms with Crippen LogP contribution in [-0.2, 0) is 12.8 Å². The molecule has 5 heteroatoms. The zero-order chi connectivity index (χ0) is 23.0. The third-order valence-electron chi connectivity index (χ3n) is 8.12. The molecule has 176 valence electrons. The van der Waals surface area contributed by atoms with Gasteiger partial charge in [-0.2, -0.15) is 0 Å². The first kappa shape index (κ1) is 22.4. The molecule has 1 aromatic carbocycles. The minimum absolute atomic E-state index is 0.159. The summed E-state index contributed by atoms with van der Waals surface area (Å²) in [6, 6.07) is 12.0. The van der Waals surface area contributed by atoms with Gasteiger partial charge in [0.05, 0.1) is 17.4 Å². The fourth-order valence-corrected chi connectivity index (χ4v) is 6.37. The van der Waals surface area contributed by atoms with Crippen molar-refractivity contribution in [1.82, 2.24) is 9.88 Å². The van der Waals surface area contributed by atoms with E-state index in [-0.39, 0.29) is 5.82 Å². The van der Waals surface area contributed by atoms with Crippen molar-refractivity contribution >= 4 is 11.5 Å². The fraction of sp³-hybridized carbons (Fsp3) is 0.571. The molecule has 0 bridgehead atoms. The number of piperidine rings is 1. The number of rotatable bonds is 3. The quantitative estimate of drug-likeness (QED) is 0.593. The van der Waals surface area contributed by atoms with Crippen molar-refractivity contribution in [1.29, 1.82) is 0 Å². The molecule has 3 aliphatic heterocycles. The number of fused-ring (bicyclic) bond motifs is 2. The summed E-state index contributed by atoms with van der Waals surface area (Å²) in [7, 11) is 2.15. The van der Waals surface area contributed by atoms with Gasteiger partial charge < -0.3 is 9.80 Å². The van der Waals surface area contributed by atoms with Gasteiger partial charge in [0, 0.05) is 44.7 Å². The minimum Gasteiger partial charge on any atom is -0.373 e. The highest BCUT2D eigenvalue weighted by Crippen LogP contribution is 2.52. The Kier molecular flexibility index (Phi) is 6.15. The van der Waals surface area contributed by atoms with Crippen LogP contribution in [0.1, 0.15) is 68.9 Å². The molecule has 6 rings (SSSR count). The van der Waals surface area contributed by atoms with E-state index < -0.39 is 0 Å². The van der Waals surface area contributed by atoms with Gasteiger partial charge in [-0.3, -0.25) is 9.98 Å². The summed E-state index contributed by atoms with van der Waals surface area (Å²) in [5.74, 6) is 1.55. The maximum atomic E-state index is 13.5. The first-order valence-corrected chi connectivity index (χ1v) is 12.9. The summed E-state index contributed by atoms with van der Waals surface area (Å²) >= 11 is 0. The van der Waals surface area contributed by atoms with E-state index in [2.05, 4.69) is 29.0 Å². The van der Waals surface area contributed by atoms with Crippen LogP contribution in [0, 0.1) is 17.2 Å². The van der Waals surface area contributed by atoms with Crippen LogP contribution in [0.5, 0.6) is 0 Å². The molecular formula is C28H37FN4. The van der Waals surface area contributed by atoms with Gasteiger partial charge in [0.1, 0.15) is 11.7 Å². The average Bonchev–Trinajstić information content (AvgIpc) is 3.19.